The molecule has 9 heteroatoms. The summed E-state index contributed by atoms with van der Waals surface area (Å²) in [6, 6.07) is 5.41. The molecule has 1 aliphatic rings. The van der Waals surface area contributed by atoms with Gasteiger partial charge in [0.25, 0.3) is 0 Å². The normalized spacial score (nSPS) is 15.1. The quantitative estimate of drug-likeness (QED) is 0.605. The summed E-state index contributed by atoms with van der Waals surface area (Å²) < 4.78 is 12.0. The third-order valence-electron chi connectivity index (χ3n) is 4.35. The molecule has 140 valence electrons. The van der Waals surface area contributed by atoms with Gasteiger partial charge >= 0.3 is 0 Å². The Morgan fingerprint density at radius 1 is 1.19 bits per heavy atom. The van der Waals surface area contributed by atoms with Crippen LogP contribution in [0.3, 0.4) is 0 Å². The van der Waals surface area contributed by atoms with Crippen LogP contribution >= 0.6 is 11.8 Å². The summed E-state index contributed by atoms with van der Waals surface area (Å²) in [5.74, 6) is 7.99. The molecule has 3 rings (SSSR count). The fraction of sp³-hybridized carbons (Fsp3) is 0.471. The Hall–Kier alpha value is -2.42. The van der Waals surface area contributed by atoms with Crippen LogP contribution in [-0.2, 0) is 4.79 Å². The van der Waals surface area contributed by atoms with Gasteiger partial charge in [0.1, 0.15) is 0 Å². The summed E-state index contributed by atoms with van der Waals surface area (Å²) >= 11 is 1.32. The highest BCUT2D eigenvalue weighted by atomic mass is 32.2. The second kappa shape index (κ2) is 7.86. The summed E-state index contributed by atoms with van der Waals surface area (Å²) in [4.78, 5) is 14.4. The van der Waals surface area contributed by atoms with E-state index in [-0.39, 0.29) is 11.2 Å². The van der Waals surface area contributed by atoms with E-state index in [0.717, 1.165) is 31.5 Å². The molecule has 8 nitrogen and oxygen atoms in total. The number of nitrogens with two attached hydrogens (primary N) is 1. The minimum Gasteiger partial charge on any atom is -0.493 e. The van der Waals surface area contributed by atoms with E-state index in [1.54, 1.807) is 26.4 Å². The lowest BCUT2D eigenvalue weighted by atomic mass is 10.2. The van der Waals surface area contributed by atoms with Gasteiger partial charge in [-0.25, -0.2) is 4.68 Å². The van der Waals surface area contributed by atoms with Gasteiger partial charge in [-0.2, -0.15) is 0 Å². The number of nitrogens with zero attached hydrogens (tertiary/aromatic N) is 4. The molecule has 2 N–H and O–H groups in total. The van der Waals surface area contributed by atoms with Crippen molar-refractivity contribution in [2.75, 3.05) is 33.2 Å². The van der Waals surface area contributed by atoms with Crippen molar-refractivity contribution in [3.8, 4) is 22.9 Å². The first-order valence-corrected chi connectivity index (χ1v) is 9.31. The first kappa shape index (κ1) is 18.4. The van der Waals surface area contributed by atoms with E-state index in [1.807, 2.05) is 17.9 Å². The minimum absolute atomic E-state index is 0.114. The first-order chi connectivity index (χ1) is 12.5. The molecule has 2 heterocycles. The van der Waals surface area contributed by atoms with Gasteiger partial charge in [0, 0.05) is 18.7 Å². The lowest BCUT2D eigenvalue weighted by molar-refractivity contribution is -0.129. The molecule has 1 saturated heterocycles. The van der Waals surface area contributed by atoms with Crippen molar-refractivity contribution >= 4 is 17.7 Å². The van der Waals surface area contributed by atoms with Crippen molar-refractivity contribution in [1.29, 1.82) is 0 Å². The van der Waals surface area contributed by atoms with E-state index >= 15 is 0 Å². The molecule has 0 radical (unpaired) electrons. The van der Waals surface area contributed by atoms with Crippen LogP contribution in [0.25, 0.3) is 11.4 Å². The van der Waals surface area contributed by atoms with Gasteiger partial charge in [-0.1, -0.05) is 11.8 Å². The largest absolute Gasteiger partial charge is 0.493 e. The average molecular weight is 377 g/mol. The van der Waals surface area contributed by atoms with Crippen LogP contribution < -0.4 is 15.3 Å². The number of methoxy groups -OCH3 is 2. The summed E-state index contributed by atoms with van der Waals surface area (Å²) in [6.45, 7) is 3.53. The molecule has 1 aliphatic heterocycles. The average Bonchev–Trinajstić information content (AvgIpc) is 3.31. The standard InChI is InChI=1S/C17H23N5O3S/c1-11(16(23)21-8-4-5-9-21)26-17-20-19-15(22(17)18)12-6-7-13(24-2)14(10-12)25-3/h6-7,10-11H,4-5,8-9,18H2,1-3H3/t11-/m0/s1. The summed E-state index contributed by atoms with van der Waals surface area (Å²) in [5.41, 5.74) is 0.753. The number of amides is 1. The lowest BCUT2D eigenvalue weighted by Crippen LogP contribution is -2.34. The van der Waals surface area contributed by atoms with Crippen LogP contribution in [0.1, 0.15) is 19.8 Å². The van der Waals surface area contributed by atoms with E-state index < -0.39 is 0 Å². The Labute approximate surface area is 156 Å². The van der Waals surface area contributed by atoms with Crippen molar-refractivity contribution in [3.05, 3.63) is 18.2 Å². The molecular formula is C17H23N5O3S. The molecule has 1 aromatic carbocycles. The molecule has 1 fully saturated rings. The van der Waals surface area contributed by atoms with Crippen molar-refractivity contribution in [2.45, 2.75) is 30.2 Å². The highest BCUT2D eigenvalue weighted by molar-refractivity contribution is 8.00. The van der Waals surface area contributed by atoms with Crippen molar-refractivity contribution < 1.29 is 14.3 Å². The fourth-order valence-electron chi connectivity index (χ4n) is 2.93. The van der Waals surface area contributed by atoms with E-state index in [4.69, 9.17) is 15.3 Å². The number of hydrogen-bond acceptors (Lipinski definition) is 7. The fourth-order valence-corrected chi connectivity index (χ4v) is 3.79. The molecule has 1 atom stereocenters. The van der Waals surface area contributed by atoms with Gasteiger partial charge in [0.15, 0.2) is 17.3 Å². The Kier molecular flexibility index (Phi) is 5.55. The number of benzene rings is 1. The molecule has 1 amide bonds. The Bertz CT molecular complexity index is 789. The number of likely N-dealkylation sites (tertiary alicyclic amines) is 1. The predicted octanol–water partition coefficient (Wildman–Crippen LogP) is 1.78. The van der Waals surface area contributed by atoms with Crippen molar-refractivity contribution in [2.24, 2.45) is 0 Å². The van der Waals surface area contributed by atoms with E-state index in [1.165, 1.54) is 16.4 Å². The third-order valence-corrected chi connectivity index (χ3v) is 5.40. The number of carbonyl (C=O) groups is 1. The maximum absolute atomic E-state index is 12.5. The van der Waals surface area contributed by atoms with E-state index in [2.05, 4.69) is 10.2 Å². The maximum Gasteiger partial charge on any atom is 0.235 e. The second-order valence-corrected chi connectivity index (χ2v) is 7.35. The summed E-state index contributed by atoms with van der Waals surface area (Å²) in [7, 11) is 3.15. The topological polar surface area (TPSA) is 95.5 Å². The van der Waals surface area contributed by atoms with Gasteiger partial charge < -0.3 is 20.2 Å². The summed E-state index contributed by atoms with van der Waals surface area (Å²) in [5, 5.41) is 8.55. The predicted molar refractivity (Wildman–Crippen MR) is 99.8 cm³/mol. The van der Waals surface area contributed by atoms with E-state index in [9.17, 15) is 4.79 Å². The van der Waals surface area contributed by atoms with Gasteiger partial charge in [-0.3, -0.25) is 4.79 Å². The van der Waals surface area contributed by atoms with Gasteiger partial charge in [-0.15, -0.1) is 10.2 Å². The van der Waals surface area contributed by atoms with Gasteiger partial charge in [-0.05, 0) is 38.0 Å². The molecule has 0 bridgehead atoms. The number of ether oxygens (including phenoxy) is 2. The first-order valence-electron chi connectivity index (χ1n) is 8.43. The Morgan fingerprint density at radius 2 is 1.88 bits per heavy atom. The molecule has 2 aromatic rings. The zero-order valence-corrected chi connectivity index (χ0v) is 16.0. The number of nitrogen functional groups attached to an aromatic ring is 1. The zero-order chi connectivity index (χ0) is 18.7. The van der Waals surface area contributed by atoms with Gasteiger partial charge in [0.2, 0.25) is 11.1 Å². The highest BCUT2D eigenvalue weighted by Crippen LogP contribution is 2.32. The molecule has 0 unspecified atom stereocenters. The molecule has 0 saturated carbocycles. The van der Waals surface area contributed by atoms with Gasteiger partial charge in [0.05, 0.1) is 19.5 Å². The number of hydrogen-bond donors (Lipinski definition) is 1. The molecular weight excluding hydrogens is 354 g/mol. The number of rotatable bonds is 6. The Balaban J connectivity index is 1.78. The molecule has 1 aromatic heterocycles. The number of carbonyl (C=O) groups excluding carboxylic acids is 1. The summed E-state index contributed by atoms with van der Waals surface area (Å²) in [6.07, 6.45) is 2.14. The minimum atomic E-state index is -0.266. The maximum atomic E-state index is 12.5. The van der Waals surface area contributed by atoms with Crippen LogP contribution in [-0.4, -0.2) is 58.2 Å². The van der Waals surface area contributed by atoms with Crippen LogP contribution in [0.15, 0.2) is 23.4 Å². The van der Waals surface area contributed by atoms with E-state index in [0.29, 0.717) is 22.5 Å². The number of thioether (sulfide) groups is 1. The third kappa shape index (κ3) is 3.57. The van der Waals surface area contributed by atoms with Crippen molar-refractivity contribution in [3.63, 3.8) is 0 Å². The molecule has 0 spiro atoms. The highest BCUT2D eigenvalue weighted by Gasteiger charge is 2.26. The monoisotopic (exact) mass is 377 g/mol. The van der Waals surface area contributed by atoms with Crippen LogP contribution in [0.5, 0.6) is 11.5 Å². The zero-order valence-electron chi connectivity index (χ0n) is 15.1. The smallest absolute Gasteiger partial charge is 0.235 e. The van der Waals surface area contributed by atoms with Crippen LogP contribution in [0, 0.1) is 0 Å². The lowest BCUT2D eigenvalue weighted by Gasteiger charge is -2.19. The molecule has 0 aliphatic carbocycles. The number of aromatic nitrogens is 3. The SMILES string of the molecule is COc1ccc(-c2nnc(S[C@@H](C)C(=O)N3CCCC3)n2N)cc1OC. The van der Waals surface area contributed by atoms with Crippen LogP contribution in [0.2, 0.25) is 0 Å². The molecule has 26 heavy (non-hydrogen) atoms. The second-order valence-electron chi connectivity index (χ2n) is 6.04. The Morgan fingerprint density at radius 3 is 2.54 bits per heavy atom. The van der Waals surface area contributed by atoms with Crippen molar-refractivity contribution in [1.82, 2.24) is 19.8 Å². The van der Waals surface area contributed by atoms with Crippen LogP contribution in [0.4, 0.5) is 0 Å².